The molecule has 0 aromatic carbocycles. The number of hydrogen-bond donors (Lipinski definition) is 1. The number of nitrogens with zero attached hydrogens (tertiary/aromatic N) is 1. The number of carbonyl (C=O) groups is 3. The van der Waals surface area contributed by atoms with Gasteiger partial charge in [0, 0.05) is 26.4 Å². The number of carbonyl (C=O) groups excluding carboxylic acids is 3. The molecule has 1 aliphatic heterocycles. The van der Waals surface area contributed by atoms with Gasteiger partial charge in [-0.25, -0.2) is 0 Å². The van der Waals surface area contributed by atoms with E-state index >= 15 is 0 Å². The monoisotopic (exact) mass is 328 g/mol. The molecule has 2 aliphatic rings. The van der Waals surface area contributed by atoms with E-state index < -0.39 is 0 Å². The molecule has 2 fully saturated rings. The third kappa shape index (κ3) is 4.73. The third-order valence-electron chi connectivity index (χ3n) is 4.53. The lowest BCUT2D eigenvalue weighted by Crippen LogP contribution is -2.37. The van der Waals surface area contributed by atoms with Gasteiger partial charge in [-0.3, -0.25) is 19.3 Å². The molecule has 1 saturated carbocycles. The van der Waals surface area contributed by atoms with Crippen molar-refractivity contribution in [2.75, 3.05) is 19.3 Å². The van der Waals surface area contributed by atoms with Gasteiger partial charge >= 0.3 is 0 Å². The van der Waals surface area contributed by atoms with Crippen LogP contribution >= 0.6 is 11.8 Å². The van der Waals surface area contributed by atoms with Crippen LogP contribution in [0.25, 0.3) is 0 Å². The van der Waals surface area contributed by atoms with E-state index in [4.69, 9.17) is 0 Å². The van der Waals surface area contributed by atoms with Crippen molar-refractivity contribution >= 4 is 29.5 Å². The first-order chi connectivity index (χ1) is 10.0. The third-order valence-corrected chi connectivity index (χ3v) is 5.47. The summed E-state index contributed by atoms with van der Waals surface area (Å²) >= 11 is 1.47. The molecule has 0 aromatic rings. The fourth-order valence-electron chi connectivity index (χ4n) is 3.19. The molecule has 3 amide bonds. The first-order valence-corrected chi connectivity index (χ1v) is 8.91. The van der Waals surface area contributed by atoms with Crippen molar-refractivity contribution in [3.8, 4) is 0 Å². The van der Waals surface area contributed by atoms with E-state index in [2.05, 4.69) is 5.32 Å². The fraction of sp³-hybridized carbons (Fsp3) is 0.812. The zero-order valence-corrected chi connectivity index (χ0v) is 13.6. The molecular weight excluding hydrogens is 300 g/mol. The van der Waals surface area contributed by atoms with Gasteiger partial charge in [0.15, 0.2) is 0 Å². The summed E-state index contributed by atoms with van der Waals surface area (Å²) in [4.78, 5) is 36.4. The Labute approximate surface area is 137 Å². The maximum Gasteiger partial charge on any atom is 0.242 e. The summed E-state index contributed by atoms with van der Waals surface area (Å²) in [7, 11) is 0. The van der Waals surface area contributed by atoms with Gasteiger partial charge in [0.2, 0.25) is 17.7 Å². The average molecular weight is 328 g/mol. The zero-order valence-electron chi connectivity index (χ0n) is 12.8. The summed E-state index contributed by atoms with van der Waals surface area (Å²) in [6, 6.07) is 0. The first-order valence-electron chi connectivity index (χ1n) is 7.62. The van der Waals surface area contributed by atoms with Crippen LogP contribution in [0, 0.1) is 11.8 Å². The van der Waals surface area contributed by atoms with Crippen LogP contribution in [0.5, 0.6) is 0 Å². The molecule has 1 aliphatic carbocycles. The first kappa shape index (κ1) is 19.0. The van der Waals surface area contributed by atoms with E-state index in [-0.39, 0.29) is 30.4 Å². The number of likely N-dealkylation sites (tertiary alicyclic amines) is 1. The molecule has 1 saturated heterocycles. The molecule has 1 atom stereocenters. The van der Waals surface area contributed by atoms with E-state index in [1.165, 1.54) is 16.7 Å². The number of rotatable bonds is 5. The molecule has 0 radical (unpaired) electrons. The van der Waals surface area contributed by atoms with Crippen LogP contribution in [0.2, 0.25) is 0 Å². The quantitative estimate of drug-likeness (QED) is 0.785. The van der Waals surface area contributed by atoms with Gasteiger partial charge < -0.3 is 5.32 Å². The van der Waals surface area contributed by atoms with Crippen molar-refractivity contribution in [2.24, 2.45) is 11.8 Å². The molecule has 2 rings (SSSR count). The predicted molar refractivity (Wildman–Crippen MR) is 89.5 cm³/mol. The van der Waals surface area contributed by atoms with Crippen LogP contribution in [0.4, 0.5) is 0 Å². The lowest BCUT2D eigenvalue weighted by Gasteiger charge is -2.30. The zero-order chi connectivity index (χ0) is 15.4. The Morgan fingerprint density at radius 3 is 2.32 bits per heavy atom. The summed E-state index contributed by atoms with van der Waals surface area (Å²) in [6.07, 6.45) is 6.43. The van der Waals surface area contributed by atoms with Crippen molar-refractivity contribution in [3.05, 3.63) is 0 Å². The Bertz CT molecular complexity index is 420. The molecule has 1 heterocycles. The number of nitrogens with one attached hydrogen (secondary N) is 1. The summed E-state index contributed by atoms with van der Waals surface area (Å²) in [5.41, 5.74) is 0. The maximum absolute atomic E-state index is 12.1. The molecule has 0 bridgehead atoms. The van der Waals surface area contributed by atoms with Crippen molar-refractivity contribution < 1.29 is 14.4 Å². The summed E-state index contributed by atoms with van der Waals surface area (Å²) < 4.78 is 0. The molecule has 0 spiro atoms. The average Bonchev–Trinajstić information content (AvgIpc) is 2.74. The van der Waals surface area contributed by atoms with Crippen LogP contribution < -0.4 is 5.32 Å². The maximum atomic E-state index is 12.1. The summed E-state index contributed by atoms with van der Waals surface area (Å²) in [5, 5.41) is 2.70. The molecule has 5 nitrogen and oxygen atoms in total. The van der Waals surface area contributed by atoms with Crippen LogP contribution in [-0.4, -0.2) is 47.2 Å². The number of imide groups is 1. The Kier molecular flexibility index (Phi) is 7.39. The number of hydrogen-bond acceptors (Lipinski definition) is 4. The Morgan fingerprint density at radius 2 is 1.82 bits per heavy atom. The van der Waals surface area contributed by atoms with Crippen LogP contribution in [0.3, 0.4) is 0 Å². The van der Waals surface area contributed by atoms with E-state index in [1.807, 2.05) is 6.26 Å². The van der Waals surface area contributed by atoms with Crippen LogP contribution in [0.1, 0.15) is 46.5 Å². The fourth-order valence-corrected chi connectivity index (χ4v) is 3.83. The second kappa shape index (κ2) is 8.56. The van der Waals surface area contributed by atoms with E-state index in [0.717, 1.165) is 32.2 Å². The molecule has 1 N–H and O–H groups in total. The van der Waals surface area contributed by atoms with Gasteiger partial charge in [-0.15, -0.1) is 0 Å². The van der Waals surface area contributed by atoms with Gasteiger partial charge in [0.05, 0.1) is 5.25 Å². The second-order valence-electron chi connectivity index (χ2n) is 6.09. The van der Waals surface area contributed by atoms with Crippen molar-refractivity contribution in [2.45, 2.75) is 51.7 Å². The minimum Gasteiger partial charge on any atom is -0.356 e. The van der Waals surface area contributed by atoms with Gasteiger partial charge in [-0.2, -0.15) is 11.8 Å². The van der Waals surface area contributed by atoms with E-state index in [1.54, 1.807) is 6.92 Å². The molecule has 126 valence electrons. The highest BCUT2D eigenvalue weighted by Gasteiger charge is 2.39. The van der Waals surface area contributed by atoms with Crippen LogP contribution in [0.15, 0.2) is 0 Å². The van der Waals surface area contributed by atoms with Gasteiger partial charge in [0.25, 0.3) is 0 Å². The topological polar surface area (TPSA) is 66.5 Å². The molecule has 6 heteroatoms. The molecule has 22 heavy (non-hydrogen) atoms. The highest BCUT2D eigenvalue weighted by Crippen LogP contribution is 2.31. The van der Waals surface area contributed by atoms with Gasteiger partial charge in [-0.1, -0.05) is 7.43 Å². The highest BCUT2D eigenvalue weighted by atomic mass is 32.2. The normalized spacial score (nSPS) is 28.5. The second-order valence-corrected chi connectivity index (χ2v) is 7.14. The predicted octanol–water partition coefficient (Wildman–Crippen LogP) is 2.06. The van der Waals surface area contributed by atoms with Crippen LogP contribution in [-0.2, 0) is 14.4 Å². The van der Waals surface area contributed by atoms with Crippen molar-refractivity contribution in [3.63, 3.8) is 0 Å². The largest absolute Gasteiger partial charge is 0.356 e. The SMILES string of the molecule is C.CSC1CC(=O)N(CC2CCC(CNC(C)=O)CC2)C1=O. The lowest BCUT2D eigenvalue weighted by molar-refractivity contribution is -0.139. The number of amides is 3. The lowest BCUT2D eigenvalue weighted by atomic mass is 9.81. The van der Waals surface area contributed by atoms with Crippen molar-refractivity contribution in [1.29, 1.82) is 0 Å². The summed E-state index contributed by atoms with van der Waals surface area (Å²) in [5.74, 6) is 0.960. The van der Waals surface area contributed by atoms with Crippen molar-refractivity contribution in [1.82, 2.24) is 10.2 Å². The minimum absolute atomic E-state index is 0. The Balaban J connectivity index is 0.00000242. The molecule has 1 unspecified atom stereocenters. The molecule has 0 aromatic heterocycles. The highest BCUT2D eigenvalue weighted by molar-refractivity contribution is 8.00. The van der Waals surface area contributed by atoms with E-state index in [9.17, 15) is 14.4 Å². The van der Waals surface area contributed by atoms with Gasteiger partial charge in [-0.05, 0) is 43.8 Å². The summed E-state index contributed by atoms with van der Waals surface area (Å²) in [6.45, 7) is 2.87. The molecular formula is C16H28N2O3S. The minimum atomic E-state index is -0.173. The Morgan fingerprint density at radius 1 is 1.23 bits per heavy atom. The smallest absolute Gasteiger partial charge is 0.242 e. The van der Waals surface area contributed by atoms with E-state index in [0.29, 0.717) is 24.8 Å². The standard InChI is InChI=1S/C15H24N2O3S.CH4/c1-10(18)16-8-11-3-5-12(6-4-11)9-17-14(19)7-13(21-2)15(17)20;/h11-13H,3-9H2,1-2H3,(H,16,18);1H4. The number of thioether (sulfide) groups is 1. The van der Waals surface area contributed by atoms with Gasteiger partial charge in [0.1, 0.15) is 0 Å². The Hall–Kier alpha value is -1.04.